The van der Waals surface area contributed by atoms with Crippen LogP contribution in [0.5, 0.6) is 5.75 Å². The third kappa shape index (κ3) is 5.91. The highest BCUT2D eigenvalue weighted by molar-refractivity contribution is 5.75. The molecule has 0 amide bonds. The number of phenolic OH excluding ortho intramolecular Hbond substituents is 1. The topological polar surface area (TPSA) is 37.3 Å². The van der Waals surface area contributed by atoms with E-state index in [1.165, 1.54) is 25.0 Å². The summed E-state index contributed by atoms with van der Waals surface area (Å²) in [5.74, 6) is 0.125. The van der Waals surface area contributed by atoms with Crippen molar-refractivity contribution in [1.82, 2.24) is 0 Å². The van der Waals surface area contributed by atoms with Crippen LogP contribution in [-0.4, -0.2) is 11.4 Å². The maximum absolute atomic E-state index is 10.0. The van der Waals surface area contributed by atoms with Gasteiger partial charge in [0.05, 0.1) is 0 Å². The van der Waals surface area contributed by atoms with Crippen molar-refractivity contribution in [2.75, 3.05) is 0 Å². The number of carbonyl (C=O) groups excluding carboxylic acids is 1. The van der Waals surface area contributed by atoms with Gasteiger partial charge in [0, 0.05) is 5.56 Å². The summed E-state index contributed by atoms with van der Waals surface area (Å²) < 4.78 is 0. The summed E-state index contributed by atoms with van der Waals surface area (Å²) in [6, 6.07) is 6.19. The van der Waals surface area contributed by atoms with Crippen molar-refractivity contribution >= 4 is 6.29 Å². The summed E-state index contributed by atoms with van der Waals surface area (Å²) in [6.07, 6.45) is 3.33. The van der Waals surface area contributed by atoms with E-state index >= 15 is 0 Å². The second kappa shape index (κ2) is 7.35. The van der Waals surface area contributed by atoms with Crippen molar-refractivity contribution in [2.45, 2.75) is 26.7 Å². The van der Waals surface area contributed by atoms with Gasteiger partial charge in [-0.15, -0.1) is 0 Å². The van der Waals surface area contributed by atoms with Crippen LogP contribution in [0.15, 0.2) is 24.3 Å². The lowest BCUT2D eigenvalue weighted by Crippen LogP contribution is -1.75. The summed E-state index contributed by atoms with van der Waals surface area (Å²) in [7, 11) is 0. The molecule has 0 unspecified atom stereocenters. The highest BCUT2D eigenvalue weighted by Crippen LogP contribution is 2.07. The van der Waals surface area contributed by atoms with Crippen LogP contribution in [0.25, 0.3) is 0 Å². The fourth-order valence-corrected chi connectivity index (χ4v) is 0.598. The van der Waals surface area contributed by atoms with Crippen molar-refractivity contribution in [3.63, 3.8) is 0 Å². The summed E-state index contributed by atoms with van der Waals surface area (Å²) in [5, 5.41) is 8.79. The molecule has 1 aromatic carbocycles. The van der Waals surface area contributed by atoms with Gasteiger partial charge in [-0.25, -0.2) is 0 Å². The van der Waals surface area contributed by atoms with Gasteiger partial charge in [0.25, 0.3) is 0 Å². The van der Waals surface area contributed by atoms with Gasteiger partial charge in [-0.3, -0.25) is 4.79 Å². The third-order valence-electron chi connectivity index (χ3n) is 1.51. The van der Waals surface area contributed by atoms with E-state index in [1.807, 2.05) is 0 Å². The number of unbranched alkanes of at least 4 members (excludes halogenated alkanes) is 1. The first-order valence-corrected chi connectivity index (χ1v) is 4.48. The molecule has 72 valence electrons. The lowest BCUT2D eigenvalue weighted by atomic mass is 10.2. The molecule has 1 rings (SSSR count). The van der Waals surface area contributed by atoms with E-state index < -0.39 is 0 Å². The van der Waals surface area contributed by atoms with Crippen LogP contribution in [0.1, 0.15) is 37.0 Å². The Morgan fingerprint density at radius 3 is 2.23 bits per heavy atom. The number of carbonyl (C=O) groups is 1. The smallest absolute Gasteiger partial charge is 0.150 e. The zero-order chi connectivity index (χ0) is 10.1. The van der Waals surface area contributed by atoms with Crippen LogP contribution in [0.2, 0.25) is 0 Å². The van der Waals surface area contributed by atoms with Crippen molar-refractivity contribution in [3.05, 3.63) is 29.8 Å². The normalized spacial score (nSPS) is 8.46. The van der Waals surface area contributed by atoms with E-state index in [4.69, 9.17) is 5.11 Å². The number of benzene rings is 1. The number of hydrogen-bond donors (Lipinski definition) is 1. The Bertz CT molecular complexity index is 242. The minimum Gasteiger partial charge on any atom is -0.508 e. The maximum atomic E-state index is 10.0. The highest BCUT2D eigenvalue weighted by atomic mass is 16.3. The summed E-state index contributed by atoms with van der Waals surface area (Å²) in [4.78, 5) is 10.0. The molecule has 0 aliphatic carbocycles. The predicted octanol–water partition coefficient (Wildman–Crippen LogP) is 3.01. The number of phenols is 1. The molecule has 0 spiro atoms. The Kier molecular flexibility index (Phi) is 6.60. The SMILES string of the molecule is CCCC.O=Cc1cccc(O)c1. The molecule has 13 heavy (non-hydrogen) atoms. The number of aromatic hydroxyl groups is 1. The molecule has 0 atom stereocenters. The second-order valence-corrected chi connectivity index (χ2v) is 2.71. The summed E-state index contributed by atoms with van der Waals surface area (Å²) >= 11 is 0. The molecule has 1 N–H and O–H groups in total. The van der Waals surface area contributed by atoms with Crippen LogP contribution in [0.4, 0.5) is 0 Å². The lowest BCUT2D eigenvalue weighted by molar-refractivity contribution is 0.112. The van der Waals surface area contributed by atoms with Crippen LogP contribution in [-0.2, 0) is 0 Å². The molecule has 0 fully saturated rings. The minimum absolute atomic E-state index is 0.125. The van der Waals surface area contributed by atoms with Gasteiger partial charge in [0.15, 0.2) is 0 Å². The van der Waals surface area contributed by atoms with Crippen LogP contribution in [0, 0.1) is 0 Å². The Hall–Kier alpha value is -1.31. The molecule has 0 aromatic heterocycles. The fourth-order valence-electron chi connectivity index (χ4n) is 0.598. The van der Waals surface area contributed by atoms with E-state index in [0.29, 0.717) is 11.8 Å². The summed E-state index contributed by atoms with van der Waals surface area (Å²) in [6.45, 7) is 4.36. The van der Waals surface area contributed by atoms with Crippen molar-refractivity contribution < 1.29 is 9.90 Å². The predicted molar refractivity (Wildman–Crippen MR) is 54.1 cm³/mol. The Morgan fingerprint density at radius 2 is 1.92 bits per heavy atom. The molecular formula is C11H16O2. The molecule has 1 aromatic rings. The maximum Gasteiger partial charge on any atom is 0.150 e. The molecular weight excluding hydrogens is 164 g/mol. The molecule has 0 bridgehead atoms. The molecule has 0 saturated heterocycles. The largest absolute Gasteiger partial charge is 0.508 e. The van der Waals surface area contributed by atoms with Crippen LogP contribution >= 0.6 is 0 Å². The minimum atomic E-state index is 0.125. The average molecular weight is 180 g/mol. The van der Waals surface area contributed by atoms with Crippen LogP contribution in [0.3, 0.4) is 0 Å². The van der Waals surface area contributed by atoms with Gasteiger partial charge in [0.2, 0.25) is 0 Å². The number of aldehydes is 1. The van der Waals surface area contributed by atoms with Gasteiger partial charge in [0.1, 0.15) is 12.0 Å². The van der Waals surface area contributed by atoms with Gasteiger partial charge in [-0.1, -0.05) is 38.8 Å². The zero-order valence-corrected chi connectivity index (χ0v) is 8.16. The number of rotatable bonds is 2. The van der Waals surface area contributed by atoms with E-state index in [2.05, 4.69) is 13.8 Å². The zero-order valence-electron chi connectivity index (χ0n) is 8.16. The monoisotopic (exact) mass is 180 g/mol. The Morgan fingerprint density at radius 1 is 1.31 bits per heavy atom. The molecule has 2 nitrogen and oxygen atoms in total. The highest BCUT2D eigenvalue weighted by Gasteiger charge is 1.88. The first kappa shape index (κ1) is 11.7. The average Bonchev–Trinajstić information content (AvgIpc) is 2.18. The van der Waals surface area contributed by atoms with Gasteiger partial charge < -0.3 is 5.11 Å². The first-order chi connectivity index (χ1) is 6.24. The van der Waals surface area contributed by atoms with Gasteiger partial charge in [-0.2, -0.15) is 0 Å². The standard InChI is InChI=1S/C7H6O2.C4H10/c8-5-6-2-1-3-7(9)4-6;1-3-4-2/h1-5,9H;3-4H2,1-2H3. The van der Waals surface area contributed by atoms with Crippen LogP contribution < -0.4 is 0 Å². The molecule has 0 saturated carbocycles. The first-order valence-electron chi connectivity index (χ1n) is 4.48. The Labute approximate surface area is 79.2 Å². The van der Waals surface area contributed by atoms with E-state index in [-0.39, 0.29) is 5.75 Å². The molecule has 2 heteroatoms. The fraction of sp³-hybridized carbons (Fsp3) is 0.364. The van der Waals surface area contributed by atoms with Crippen molar-refractivity contribution in [3.8, 4) is 5.75 Å². The quantitative estimate of drug-likeness (QED) is 0.710. The molecule has 0 radical (unpaired) electrons. The van der Waals surface area contributed by atoms with Crippen molar-refractivity contribution in [2.24, 2.45) is 0 Å². The second-order valence-electron chi connectivity index (χ2n) is 2.71. The van der Waals surface area contributed by atoms with Crippen molar-refractivity contribution in [1.29, 1.82) is 0 Å². The summed E-state index contributed by atoms with van der Waals surface area (Å²) in [5.41, 5.74) is 0.495. The van der Waals surface area contributed by atoms with E-state index in [0.717, 1.165) is 0 Å². The Balaban J connectivity index is 0.000000310. The van der Waals surface area contributed by atoms with E-state index in [1.54, 1.807) is 12.1 Å². The van der Waals surface area contributed by atoms with E-state index in [9.17, 15) is 4.79 Å². The van der Waals surface area contributed by atoms with Gasteiger partial charge >= 0.3 is 0 Å². The molecule has 0 aliphatic heterocycles. The molecule has 0 heterocycles. The van der Waals surface area contributed by atoms with Gasteiger partial charge in [-0.05, 0) is 12.1 Å². The molecule has 0 aliphatic rings. The lowest BCUT2D eigenvalue weighted by Gasteiger charge is -1.89. The third-order valence-corrected chi connectivity index (χ3v) is 1.51. The number of hydrogen-bond acceptors (Lipinski definition) is 2.